The van der Waals surface area contributed by atoms with Gasteiger partial charge < -0.3 is 5.73 Å². The average Bonchev–Trinajstić information content (AvgIpc) is 2.20. The van der Waals surface area contributed by atoms with Gasteiger partial charge in [0.1, 0.15) is 0 Å². The first-order valence-electron chi connectivity index (χ1n) is 3.90. The number of nitrogens with zero attached hydrogens (tertiary/aromatic N) is 3. The van der Waals surface area contributed by atoms with Crippen LogP contribution >= 0.6 is 0 Å². The van der Waals surface area contributed by atoms with E-state index in [0.29, 0.717) is 0 Å². The number of amides is 3. The molecule has 1 aliphatic heterocycles. The number of hydrazone groups is 1. The summed E-state index contributed by atoms with van der Waals surface area (Å²) in [6, 6.07) is -0.513. The molecular formula is C7H10N6O2. The quantitative estimate of drug-likeness (QED) is 0.509. The van der Waals surface area contributed by atoms with Crippen molar-refractivity contribution in [1.29, 1.82) is 5.41 Å². The lowest BCUT2D eigenvalue weighted by Crippen LogP contribution is -2.55. The van der Waals surface area contributed by atoms with Gasteiger partial charge in [0.15, 0.2) is 11.5 Å². The molecule has 0 atom stereocenters. The first-order chi connectivity index (χ1) is 6.99. The van der Waals surface area contributed by atoms with E-state index in [1.807, 2.05) is 0 Å². The molecule has 0 spiro atoms. The summed E-state index contributed by atoms with van der Waals surface area (Å²) in [6.07, 6.45) is 1.15. The lowest BCUT2D eigenvalue weighted by Gasteiger charge is -2.29. The maximum absolute atomic E-state index is 11.5. The summed E-state index contributed by atoms with van der Waals surface area (Å²) in [4.78, 5) is 23.2. The molecule has 0 radical (unpaired) electrons. The van der Waals surface area contributed by atoms with Gasteiger partial charge >= 0.3 is 6.03 Å². The molecule has 0 fully saturated rings. The molecule has 0 bridgehead atoms. The fourth-order valence-electron chi connectivity index (χ4n) is 0.922. The molecular weight excluding hydrogens is 200 g/mol. The minimum atomic E-state index is -0.972. The zero-order valence-corrected chi connectivity index (χ0v) is 8.02. The number of hydrogen-bond donors (Lipinski definition) is 3. The lowest BCUT2D eigenvalue weighted by atomic mass is 10.3. The Morgan fingerprint density at radius 2 is 2.33 bits per heavy atom. The normalized spacial score (nSPS) is 15.5. The standard InChI is InChI=1S/C7H10N6O2/c1-3-13-6(4(8)5(9)14)10-11-12(2)7(13)15/h3,8,11H,1H2,2H3,(H2,9,14). The Labute approximate surface area is 85.5 Å². The van der Waals surface area contributed by atoms with Gasteiger partial charge in [-0.3, -0.25) is 10.2 Å². The number of amidine groups is 1. The number of carbonyl (C=O) groups excluding carboxylic acids is 2. The minimum Gasteiger partial charge on any atom is -0.364 e. The van der Waals surface area contributed by atoms with Crippen LogP contribution in [0.3, 0.4) is 0 Å². The molecule has 4 N–H and O–H groups in total. The molecule has 0 unspecified atom stereocenters. The van der Waals surface area contributed by atoms with Crippen molar-refractivity contribution in [2.24, 2.45) is 10.8 Å². The van der Waals surface area contributed by atoms with E-state index in [4.69, 9.17) is 11.1 Å². The monoisotopic (exact) mass is 210 g/mol. The smallest absolute Gasteiger partial charge is 0.349 e. The fourth-order valence-corrected chi connectivity index (χ4v) is 0.922. The summed E-state index contributed by atoms with van der Waals surface area (Å²) in [6.45, 7) is 3.38. The van der Waals surface area contributed by atoms with Crippen LogP contribution in [0.5, 0.6) is 0 Å². The Kier molecular flexibility index (Phi) is 2.70. The number of primary amides is 1. The average molecular weight is 210 g/mol. The minimum absolute atomic E-state index is 0.180. The SMILES string of the molecule is C=CN1C(=O)N(C)NN=C1C(=N)C(N)=O. The first-order valence-corrected chi connectivity index (χ1v) is 3.90. The van der Waals surface area contributed by atoms with Gasteiger partial charge in [-0.25, -0.2) is 20.2 Å². The van der Waals surface area contributed by atoms with Crippen molar-refractivity contribution in [2.45, 2.75) is 0 Å². The van der Waals surface area contributed by atoms with Gasteiger partial charge in [0.05, 0.1) is 0 Å². The van der Waals surface area contributed by atoms with Crippen LogP contribution in [0.25, 0.3) is 0 Å². The Bertz CT molecular complexity index is 374. The molecule has 0 aromatic carbocycles. The highest BCUT2D eigenvalue weighted by Gasteiger charge is 2.29. The number of nitrogens with two attached hydrogens (primary N) is 1. The van der Waals surface area contributed by atoms with Crippen molar-refractivity contribution in [3.05, 3.63) is 12.8 Å². The summed E-state index contributed by atoms with van der Waals surface area (Å²) < 4.78 is 0. The largest absolute Gasteiger partial charge is 0.364 e. The Morgan fingerprint density at radius 1 is 1.73 bits per heavy atom. The summed E-state index contributed by atoms with van der Waals surface area (Å²) in [5.74, 6) is -1.15. The molecule has 15 heavy (non-hydrogen) atoms. The van der Waals surface area contributed by atoms with E-state index in [2.05, 4.69) is 17.2 Å². The maximum Gasteiger partial charge on any atom is 0.349 e. The summed E-state index contributed by atoms with van der Waals surface area (Å²) in [5, 5.41) is 12.0. The molecule has 0 aliphatic carbocycles. The van der Waals surface area contributed by atoms with Gasteiger partial charge in [-0.2, -0.15) is 0 Å². The molecule has 0 aromatic rings. The van der Waals surface area contributed by atoms with E-state index in [-0.39, 0.29) is 5.84 Å². The molecule has 0 aromatic heterocycles. The van der Waals surface area contributed by atoms with E-state index in [0.717, 1.165) is 16.1 Å². The van der Waals surface area contributed by atoms with Crippen molar-refractivity contribution in [3.63, 3.8) is 0 Å². The summed E-state index contributed by atoms with van der Waals surface area (Å²) in [5.41, 5.74) is 6.66. The van der Waals surface area contributed by atoms with Crippen molar-refractivity contribution >= 4 is 23.5 Å². The Balaban J connectivity index is 3.07. The van der Waals surface area contributed by atoms with Crippen molar-refractivity contribution in [1.82, 2.24) is 15.4 Å². The van der Waals surface area contributed by atoms with Gasteiger partial charge in [0.2, 0.25) is 0 Å². The van der Waals surface area contributed by atoms with Gasteiger partial charge in [-0.05, 0) is 0 Å². The van der Waals surface area contributed by atoms with Crippen LogP contribution in [0.15, 0.2) is 17.9 Å². The Hall–Kier alpha value is -2.38. The Morgan fingerprint density at radius 3 is 2.80 bits per heavy atom. The molecule has 1 rings (SSSR count). The van der Waals surface area contributed by atoms with Gasteiger partial charge in [-0.1, -0.05) is 6.58 Å². The predicted octanol–water partition coefficient (Wildman–Crippen LogP) is -1.18. The second-order valence-electron chi connectivity index (χ2n) is 2.67. The number of hydrazine groups is 1. The number of urea groups is 1. The highest BCUT2D eigenvalue weighted by molar-refractivity contribution is 6.66. The molecule has 3 amide bonds. The van der Waals surface area contributed by atoms with Gasteiger partial charge in [-0.15, -0.1) is 5.10 Å². The van der Waals surface area contributed by atoms with E-state index in [1.165, 1.54) is 7.05 Å². The molecule has 8 nitrogen and oxygen atoms in total. The summed E-state index contributed by atoms with van der Waals surface area (Å²) >= 11 is 0. The highest BCUT2D eigenvalue weighted by atomic mass is 16.2. The number of hydrogen-bond acceptors (Lipinski definition) is 5. The summed E-state index contributed by atoms with van der Waals surface area (Å²) in [7, 11) is 1.44. The predicted molar refractivity (Wildman–Crippen MR) is 52.7 cm³/mol. The number of carbonyl (C=O) groups is 2. The van der Waals surface area contributed by atoms with Crippen molar-refractivity contribution in [3.8, 4) is 0 Å². The van der Waals surface area contributed by atoms with Crippen LogP contribution in [0.4, 0.5) is 4.79 Å². The van der Waals surface area contributed by atoms with Crippen LogP contribution in [-0.4, -0.2) is 40.4 Å². The first kappa shape index (κ1) is 10.7. The van der Waals surface area contributed by atoms with Crippen LogP contribution in [-0.2, 0) is 4.79 Å². The van der Waals surface area contributed by atoms with Gasteiger partial charge in [0, 0.05) is 13.2 Å². The van der Waals surface area contributed by atoms with Crippen molar-refractivity contribution in [2.75, 3.05) is 7.05 Å². The molecule has 1 heterocycles. The number of nitrogens with one attached hydrogen (secondary N) is 2. The van der Waals surface area contributed by atoms with E-state index in [9.17, 15) is 9.59 Å². The third kappa shape index (κ3) is 1.77. The molecule has 8 heteroatoms. The number of rotatable bonds is 3. The molecule has 0 saturated heterocycles. The van der Waals surface area contributed by atoms with E-state index in [1.54, 1.807) is 0 Å². The van der Waals surface area contributed by atoms with Crippen LogP contribution in [0, 0.1) is 5.41 Å². The zero-order chi connectivity index (χ0) is 11.6. The zero-order valence-electron chi connectivity index (χ0n) is 8.02. The molecule has 0 saturated carbocycles. The van der Waals surface area contributed by atoms with Crippen molar-refractivity contribution < 1.29 is 9.59 Å². The van der Waals surface area contributed by atoms with E-state index >= 15 is 0 Å². The third-order valence-electron chi connectivity index (χ3n) is 1.68. The fraction of sp³-hybridized carbons (Fsp3) is 0.143. The topological polar surface area (TPSA) is 115 Å². The van der Waals surface area contributed by atoms with Crippen LogP contribution in [0.2, 0.25) is 0 Å². The molecule has 80 valence electrons. The van der Waals surface area contributed by atoms with E-state index < -0.39 is 17.6 Å². The maximum atomic E-state index is 11.5. The van der Waals surface area contributed by atoms with Gasteiger partial charge in [0.25, 0.3) is 5.91 Å². The third-order valence-corrected chi connectivity index (χ3v) is 1.68. The lowest BCUT2D eigenvalue weighted by molar-refractivity contribution is -0.111. The highest BCUT2D eigenvalue weighted by Crippen LogP contribution is 2.04. The van der Waals surface area contributed by atoms with Crippen LogP contribution < -0.4 is 11.3 Å². The molecule has 1 aliphatic rings. The van der Waals surface area contributed by atoms with Crippen LogP contribution in [0.1, 0.15) is 0 Å². The second-order valence-corrected chi connectivity index (χ2v) is 2.67. The second kappa shape index (κ2) is 3.78.